The first-order chi connectivity index (χ1) is 12.4. The van der Waals surface area contributed by atoms with Crippen LogP contribution in [0, 0.1) is 11.8 Å². The molecule has 0 aromatic carbocycles. The molecule has 1 saturated heterocycles. The number of piperidine rings is 1. The second-order valence-electron chi connectivity index (χ2n) is 7.57. The molecule has 1 fully saturated rings. The molecule has 0 radical (unpaired) electrons. The van der Waals surface area contributed by atoms with E-state index in [1.807, 2.05) is 11.8 Å². The number of aromatic nitrogens is 3. The fourth-order valence-electron chi connectivity index (χ4n) is 3.71. The number of likely N-dealkylation sites (tertiary alicyclic amines) is 1. The Balaban J connectivity index is 1.53. The van der Waals surface area contributed by atoms with Crippen LogP contribution in [0.4, 0.5) is 0 Å². The number of carbonyl (C=O) groups is 1. The van der Waals surface area contributed by atoms with Crippen LogP contribution < -0.4 is 5.69 Å². The van der Waals surface area contributed by atoms with E-state index < -0.39 is 6.10 Å². The van der Waals surface area contributed by atoms with Gasteiger partial charge in [0.2, 0.25) is 6.10 Å². The summed E-state index contributed by atoms with van der Waals surface area (Å²) in [5.41, 5.74) is 0.903. The van der Waals surface area contributed by atoms with E-state index >= 15 is 0 Å². The average Bonchev–Trinajstić information content (AvgIpc) is 3.21. The lowest BCUT2D eigenvalue weighted by Gasteiger charge is -2.32. The predicted molar refractivity (Wildman–Crippen MR) is 97.9 cm³/mol. The fourth-order valence-corrected chi connectivity index (χ4v) is 3.71. The zero-order chi connectivity index (χ0) is 18.8. The minimum Gasteiger partial charge on any atom is -0.382 e. The Labute approximate surface area is 153 Å². The first-order valence-electron chi connectivity index (χ1n) is 9.54. The smallest absolute Gasteiger partial charge is 0.345 e. The lowest BCUT2D eigenvalue weighted by molar-refractivity contribution is -0.143. The minimum absolute atomic E-state index is 0.0474. The third kappa shape index (κ3) is 3.68. The number of carbonyl (C=O) groups excluding carboxylic acids is 1. The number of hydrogen-bond donors (Lipinski definition) is 0. The van der Waals surface area contributed by atoms with Gasteiger partial charge < -0.3 is 9.74 Å². The van der Waals surface area contributed by atoms with Gasteiger partial charge in [-0.25, -0.2) is 9.48 Å². The van der Waals surface area contributed by atoms with Crippen molar-refractivity contribution in [1.82, 2.24) is 19.2 Å². The molecule has 3 rings (SSSR count). The highest BCUT2D eigenvalue weighted by molar-refractivity contribution is 5.93. The van der Waals surface area contributed by atoms with E-state index in [9.17, 15) is 9.59 Å². The van der Waals surface area contributed by atoms with E-state index in [2.05, 4.69) is 24.1 Å². The van der Waals surface area contributed by atoms with Gasteiger partial charge in [-0.15, -0.1) is 0 Å². The van der Waals surface area contributed by atoms with Crippen LogP contribution in [0.5, 0.6) is 0 Å². The average molecular weight is 363 g/mol. The van der Waals surface area contributed by atoms with Crippen molar-refractivity contribution in [3.05, 3.63) is 16.3 Å². The summed E-state index contributed by atoms with van der Waals surface area (Å²) in [5, 5.41) is 8.43. The zero-order valence-electron chi connectivity index (χ0n) is 16.1. The van der Waals surface area contributed by atoms with Gasteiger partial charge in [0.1, 0.15) is 5.82 Å². The molecule has 0 unspecified atom stereocenters. The van der Waals surface area contributed by atoms with Gasteiger partial charge in [0.25, 0.3) is 5.91 Å². The molecule has 1 aromatic rings. The molecule has 3 heterocycles. The first kappa shape index (κ1) is 18.7. The molecule has 26 heavy (non-hydrogen) atoms. The van der Waals surface area contributed by atoms with Gasteiger partial charge in [0.05, 0.1) is 5.71 Å². The van der Waals surface area contributed by atoms with Crippen LogP contribution in [0.15, 0.2) is 9.95 Å². The third-order valence-electron chi connectivity index (χ3n) is 5.43. The van der Waals surface area contributed by atoms with Gasteiger partial charge in [-0.05, 0) is 31.6 Å². The van der Waals surface area contributed by atoms with E-state index in [4.69, 9.17) is 4.84 Å². The van der Waals surface area contributed by atoms with Gasteiger partial charge in [-0.2, -0.15) is 5.10 Å². The van der Waals surface area contributed by atoms with Crippen LogP contribution in [-0.2, 0) is 29.6 Å². The van der Waals surface area contributed by atoms with Gasteiger partial charge >= 0.3 is 5.69 Å². The van der Waals surface area contributed by atoms with Crippen LogP contribution >= 0.6 is 0 Å². The lowest BCUT2D eigenvalue weighted by atomic mass is 9.92. The summed E-state index contributed by atoms with van der Waals surface area (Å²) in [6.45, 7) is 8.18. The Hall–Kier alpha value is -2.12. The van der Waals surface area contributed by atoms with Crippen LogP contribution in [0.2, 0.25) is 0 Å². The number of oxime groups is 1. The zero-order valence-corrected chi connectivity index (χ0v) is 16.1. The van der Waals surface area contributed by atoms with E-state index in [1.54, 1.807) is 11.6 Å². The molecule has 0 bridgehead atoms. The monoisotopic (exact) mass is 363 g/mol. The molecular formula is C18H29N5O3. The van der Waals surface area contributed by atoms with E-state index in [1.165, 1.54) is 4.68 Å². The van der Waals surface area contributed by atoms with Gasteiger partial charge in [-0.3, -0.25) is 9.36 Å². The molecule has 0 aliphatic carbocycles. The molecule has 0 N–H and O–H groups in total. The summed E-state index contributed by atoms with van der Waals surface area (Å²) in [6, 6.07) is 0. The first-order valence-corrected chi connectivity index (χ1v) is 9.54. The van der Waals surface area contributed by atoms with Crippen molar-refractivity contribution in [2.75, 3.05) is 13.1 Å². The van der Waals surface area contributed by atoms with Gasteiger partial charge in [0.15, 0.2) is 0 Å². The Morgan fingerprint density at radius 1 is 1.31 bits per heavy atom. The summed E-state index contributed by atoms with van der Waals surface area (Å²) in [4.78, 5) is 31.9. The molecule has 8 heteroatoms. The molecule has 0 spiro atoms. The van der Waals surface area contributed by atoms with Crippen LogP contribution in [0.1, 0.15) is 45.9 Å². The fraction of sp³-hybridized carbons (Fsp3) is 0.778. The summed E-state index contributed by atoms with van der Waals surface area (Å²) >= 11 is 0. The van der Waals surface area contributed by atoms with Crippen molar-refractivity contribution in [1.29, 1.82) is 0 Å². The highest BCUT2D eigenvalue weighted by atomic mass is 16.6. The Kier molecular flexibility index (Phi) is 5.48. The Morgan fingerprint density at radius 3 is 2.58 bits per heavy atom. The van der Waals surface area contributed by atoms with Crippen molar-refractivity contribution in [2.24, 2.45) is 24.0 Å². The highest BCUT2D eigenvalue weighted by Gasteiger charge is 2.34. The van der Waals surface area contributed by atoms with Crippen molar-refractivity contribution < 1.29 is 9.63 Å². The standard InChI is InChI=1S/C18H29N5O3/c1-5-23-16(19-21(4)18(23)25)10-13-6-8-22(9-7-13)17(24)15-11-14(12(2)3)20-26-15/h12-13,15H,5-11H2,1-4H3/t15-/m1/s1. The molecule has 144 valence electrons. The van der Waals surface area contributed by atoms with Crippen molar-refractivity contribution in [3.63, 3.8) is 0 Å². The molecular weight excluding hydrogens is 334 g/mol. The van der Waals surface area contributed by atoms with E-state index in [0.717, 1.165) is 43.9 Å². The largest absolute Gasteiger partial charge is 0.382 e. The van der Waals surface area contributed by atoms with Gasteiger partial charge in [0, 0.05) is 39.5 Å². The maximum Gasteiger partial charge on any atom is 0.345 e. The van der Waals surface area contributed by atoms with Crippen molar-refractivity contribution >= 4 is 11.6 Å². The van der Waals surface area contributed by atoms with Crippen LogP contribution in [-0.4, -0.2) is 50.1 Å². The topological polar surface area (TPSA) is 81.7 Å². The number of nitrogens with zero attached hydrogens (tertiary/aromatic N) is 5. The molecule has 1 atom stereocenters. The second-order valence-corrected chi connectivity index (χ2v) is 7.57. The highest BCUT2D eigenvalue weighted by Crippen LogP contribution is 2.24. The number of aryl methyl sites for hydroxylation is 1. The number of amides is 1. The lowest BCUT2D eigenvalue weighted by Crippen LogP contribution is -2.44. The maximum absolute atomic E-state index is 12.6. The van der Waals surface area contributed by atoms with Crippen LogP contribution in [0.25, 0.3) is 0 Å². The van der Waals surface area contributed by atoms with Crippen molar-refractivity contribution in [2.45, 2.75) is 59.1 Å². The molecule has 8 nitrogen and oxygen atoms in total. The molecule has 2 aliphatic rings. The Morgan fingerprint density at radius 2 is 2.00 bits per heavy atom. The quantitative estimate of drug-likeness (QED) is 0.787. The van der Waals surface area contributed by atoms with E-state index in [0.29, 0.717) is 24.8 Å². The summed E-state index contributed by atoms with van der Waals surface area (Å²) < 4.78 is 3.13. The summed E-state index contributed by atoms with van der Waals surface area (Å²) in [7, 11) is 1.69. The molecule has 1 amide bonds. The summed E-state index contributed by atoms with van der Waals surface area (Å²) in [5.74, 6) is 1.65. The van der Waals surface area contributed by atoms with Gasteiger partial charge in [-0.1, -0.05) is 19.0 Å². The second kappa shape index (κ2) is 7.63. The normalized spacial score (nSPS) is 21.2. The Bertz CT molecular complexity index is 740. The molecule has 0 saturated carbocycles. The third-order valence-corrected chi connectivity index (χ3v) is 5.43. The van der Waals surface area contributed by atoms with E-state index in [-0.39, 0.29) is 11.6 Å². The summed E-state index contributed by atoms with van der Waals surface area (Å²) in [6.07, 6.45) is 2.78. The maximum atomic E-state index is 12.6. The number of rotatable bonds is 5. The predicted octanol–water partition coefficient (Wildman–Crippen LogP) is 1.18. The van der Waals surface area contributed by atoms with Crippen molar-refractivity contribution in [3.8, 4) is 0 Å². The minimum atomic E-state index is -0.454. The molecule has 1 aromatic heterocycles. The molecule has 2 aliphatic heterocycles. The SMILES string of the molecule is CCn1c(CC2CCN(C(=O)[C@H]3CC(C(C)C)=NO3)CC2)nn(C)c1=O. The van der Waals surface area contributed by atoms with Crippen LogP contribution in [0.3, 0.4) is 0 Å². The number of hydrogen-bond acceptors (Lipinski definition) is 5.